The fourth-order valence-electron chi connectivity index (χ4n) is 4.64. The van der Waals surface area contributed by atoms with Crippen molar-refractivity contribution < 1.29 is 0 Å². The van der Waals surface area contributed by atoms with Crippen molar-refractivity contribution in [2.24, 2.45) is 0 Å². The summed E-state index contributed by atoms with van der Waals surface area (Å²) < 4.78 is 1.51. The standard InChI is InChI=1S/C29H23N5O/c1-30-18-24-25(22-14-15-23-21(17-22)13-8-16-31-23)29(35)34-28(32-24)26(19-9-4-2-5-10-19)27(33-34)20-11-6-3-7-12-20/h2-17,30,32H,18H2,1H3. The first-order chi connectivity index (χ1) is 17.2. The molecule has 0 spiro atoms. The molecular formula is C29H23N5O. The van der Waals surface area contributed by atoms with Gasteiger partial charge in [0.1, 0.15) is 11.3 Å². The summed E-state index contributed by atoms with van der Waals surface area (Å²) in [4.78, 5) is 22.0. The minimum absolute atomic E-state index is 0.161. The van der Waals surface area contributed by atoms with Crippen LogP contribution in [0.15, 0.2) is 102 Å². The Morgan fingerprint density at radius 1 is 0.829 bits per heavy atom. The second-order valence-corrected chi connectivity index (χ2v) is 8.44. The minimum atomic E-state index is -0.161. The molecule has 0 aliphatic heterocycles. The Hall–Kier alpha value is -4.55. The van der Waals surface area contributed by atoms with Crippen molar-refractivity contribution in [1.29, 1.82) is 0 Å². The van der Waals surface area contributed by atoms with Gasteiger partial charge >= 0.3 is 0 Å². The van der Waals surface area contributed by atoms with E-state index in [1.54, 1.807) is 6.20 Å². The van der Waals surface area contributed by atoms with Gasteiger partial charge in [-0.05, 0) is 36.4 Å². The molecule has 0 amide bonds. The molecule has 0 aliphatic rings. The monoisotopic (exact) mass is 457 g/mol. The highest BCUT2D eigenvalue weighted by Gasteiger charge is 2.22. The Balaban J connectivity index is 1.69. The van der Waals surface area contributed by atoms with Crippen molar-refractivity contribution in [3.05, 3.63) is 113 Å². The summed E-state index contributed by atoms with van der Waals surface area (Å²) in [6.07, 6.45) is 1.77. The SMILES string of the molecule is CNCc1[nH]c2c(-c3ccccc3)c(-c3ccccc3)nn2c(=O)c1-c1ccc2ncccc2c1. The lowest BCUT2D eigenvalue weighted by atomic mass is 10.0. The van der Waals surface area contributed by atoms with E-state index in [1.165, 1.54) is 4.52 Å². The normalized spacial score (nSPS) is 11.3. The van der Waals surface area contributed by atoms with E-state index >= 15 is 0 Å². The number of aromatic nitrogens is 4. The summed E-state index contributed by atoms with van der Waals surface area (Å²) in [7, 11) is 1.88. The van der Waals surface area contributed by atoms with Crippen molar-refractivity contribution in [3.63, 3.8) is 0 Å². The van der Waals surface area contributed by atoms with Gasteiger partial charge in [-0.15, -0.1) is 0 Å². The number of aromatic amines is 1. The molecule has 170 valence electrons. The van der Waals surface area contributed by atoms with E-state index < -0.39 is 0 Å². The number of pyridine rings is 1. The van der Waals surface area contributed by atoms with Crippen molar-refractivity contribution in [3.8, 4) is 33.5 Å². The molecule has 0 fully saturated rings. The number of hydrogen-bond acceptors (Lipinski definition) is 4. The van der Waals surface area contributed by atoms with Gasteiger partial charge in [0.25, 0.3) is 5.56 Å². The van der Waals surface area contributed by atoms with Crippen LogP contribution in [-0.2, 0) is 6.54 Å². The smallest absolute Gasteiger partial charge is 0.282 e. The molecule has 6 nitrogen and oxygen atoms in total. The second-order valence-electron chi connectivity index (χ2n) is 8.44. The quantitative estimate of drug-likeness (QED) is 0.369. The van der Waals surface area contributed by atoms with Crippen LogP contribution in [0.25, 0.3) is 50.1 Å². The highest BCUT2D eigenvalue weighted by molar-refractivity contribution is 5.91. The summed E-state index contributed by atoms with van der Waals surface area (Å²) >= 11 is 0. The molecular weight excluding hydrogens is 434 g/mol. The van der Waals surface area contributed by atoms with Gasteiger partial charge in [-0.2, -0.15) is 9.61 Å². The van der Waals surface area contributed by atoms with Crippen LogP contribution in [0, 0.1) is 0 Å². The maximum absolute atomic E-state index is 14.0. The third kappa shape index (κ3) is 3.61. The Labute approximate surface area is 201 Å². The van der Waals surface area contributed by atoms with E-state index in [1.807, 2.05) is 98.0 Å². The van der Waals surface area contributed by atoms with Crippen molar-refractivity contribution >= 4 is 16.6 Å². The largest absolute Gasteiger partial charge is 0.341 e. The lowest BCUT2D eigenvalue weighted by Crippen LogP contribution is -2.22. The summed E-state index contributed by atoms with van der Waals surface area (Å²) in [6.45, 7) is 0.506. The summed E-state index contributed by atoms with van der Waals surface area (Å²) in [6, 6.07) is 29.9. The first-order valence-electron chi connectivity index (χ1n) is 11.5. The van der Waals surface area contributed by atoms with Crippen LogP contribution in [0.5, 0.6) is 0 Å². The molecule has 6 aromatic rings. The molecule has 6 rings (SSSR count). The molecule has 2 N–H and O–H groups in total. The Kier molecular flexibility index (Phi) is 5.20. The number of nitrogens with one attached hydrogen (secondary N) is 2. The third-order valence-electron chi connectivity index (χ3n) is 6.22. The zero-order chi connectivity index (χ0) is 23.8. The fourth-order valence-corrected chi connectivity index (χ4v) is 4.64. The summed E-state index contributed by atoms with van der Waals surface area (Å²) in [5.74, 6) is 0. The van der Waals surface area contributed by atoms with Crippen LogP contribution < -0.4 is 10.9 Å². The van der Waals surface area contributed by atoms with Crippen molar-refractivity contribution in [2.75, 3.05) is 7.05 Å². The average molecular weight is 458 g/mol. The Bertz CT molecular complexity index is 1720. The lowest BCUT2D eigenvalue weighted by molar-refractivity contribution is 0.781. The zero-order valence-electron chi connectivity index (χ0n) is 19.2. The molecule has 6 heteroatoms. The first-order valence-corrected chi connectivity index (χ1v) is 11.5. The van der Waals surface area contributed by atoms with Gasteiger partial charge in [-0.1, -0.05) is 72.8 Å². The van der Waals surface area contributed by atoms with E-state index in [2.05, 4.69) is 15.3 Å². The molecule has 0 saturated carbocycles. The van der Waals surface area contributed by atoms with E-state index in [-0.39, 0.29) is 5.56 Å². The fraction of sp³-hybridized carbons (Fsp3) is 0.0690. The van der Waals surface area contributed by atoms with E-state index in [0.29, 0.717) is 17.8 Å². The average Bonchev–Trinajstić information content (AvgIpc) is 3.30. The van der Waals surface area contributed by atoms with Gasteiger partial charge in [0, 0.05) is 29.4 Å². The number of hydrogen-bond donors (Lipinski definition) is 2. The van der Waals surface area contributed by atoms with Crippen LogP contribution in [0.3, 0.4) is 0 Å². The molecule has 0 unspecified atom stereocenters. The molecule has 35 heavy (non-hydrogen) atoms. The summed E-state index contributed by atoms with van der Waals surface area (Å²) in [5, 5.41) is 9.04. The van der Waals surface area contributed by atoms with Gasteiger partial charge in [0.15, 0.2) is 0 Å². The first kappa shape index (κ1) is 21.0. The van der Waals surface area contributed by atoms with E-state index in [0.717, 1.165) is 44.5 Å². The molecule has 0 radical (unpaired) electrons. The molecule has 0 saturated heterocycles. The van der Waals surface area contributed by atoms with Gasteiger partial charge < -0.3 is 10.3 Å². The highest BCUT2D eigenvalue weighted by atomic mass is 16.1. The second kappa shape index (κ2) is 8.66. The highest BCUT2D eigenvalue weighted by Crippen LogP contribution is 2.35. The molecule has 3 heterocycles. The van der Waals surface area contributed by atoms with Gasteiger partial charge in [0.05, 0.1) is 16.6 Å². The predicted molar refractivity (Wildman–Crippen MR) is 140 cm³/mol. The van der Waals surface area contributed by atoms with Crippen LogP contribution in [0.1, 0.15) is 5.69 Å². The van der Waals surface area contributed by atoms with Gasteiger partial charge in [-0.3, -0.25) is 9.78 Å². The van der Waals surface area contributed by atoms with Gasteiger partial charge in [-0.25, -0.2) is 0 Å². The number of benzene rings is 3. The number of fused-ring (bicyclic) bond motifs is 2. The number of rotatable bonds is 5. The number of nitrogens with zero attached hydrogens (tertiary/aromatic N) is 3. The molecule has 0 bridgehead atoms. The van der Waals surface area contributed by atoms with Crippen LogP contribution >= 0.6 is 0 Å². The van der Waals surface area contributed by atoms with Crippen molar-refractivity contribution in [1.82, 2.24) is 24.9 Å². The van der Waals surface area contributed by atoms with Crippen LogP contribution in [0.4, 0.5) is 0 Å². The maximum Gasteiger partial charge on any atom is 0.282 e. The molecule has 3 aromatic carbocycles. The van der Waals surface area contributed by atoms with E-state index in [4.69, 9.17) is 5.10 Å². The number of H-pyrrole nitrogens is 1. The zero-order valence-corrected chi connectivity index (χ0v) is 19.2. The van der Waals surface area contributed by atoms with Crippen LogP contribution in [0.2, 0.25) is 0 Å². The molecule has 0 aliphatic carbocycles. The minimum Gasteiger partial charge on any atom is -0.341 e. The van der Waals surface area contributed by atoms with Crippen molar-refractivity contribution in [2.45, 2.75) is 6.54 Å². The molecule has 0 atom stereocenters. The topological polar surface area (TPSA) is 75.1 Å². The Morgan fingerprint density at radius 2 is 1.57 bits per heavy atom. The third-order valence-corrected chi connectivity index (χ3v) is 6.22. The maximum atomic E-state index is 14.0. The Morgan fingerprint density at radius 3 is 2.31 bits per heavy atom. The summed E-state index contributed by atoms with van der Waals surface area (Å²) in [5.41, 5.74) is 7.26. The predicted octanol–water partition coefficient (Wildman–Crippen LogP) is 5.29. The molecule has 3 aromatic heterocycles. The van der Waals surface area contributed by atoms with Crippen LogP contribution in [-0.4, -0.2) is 26.6 Å². The van der Waals surface area contributed by atoms with E-state index in [9.17, 15) is 4.79 Å². The lowest BCUT2D eigenvalue weighted by Gasteiger charge is -2.12. The van der Waals surface area contributed by atoms with Gasteiger partial charge in [0.2, 0.25) is 0 Å².